The second kappa shape index (κ2) is 11.3. The van der Waals surface area contributed by atoms with E-state index in [2.05, 4.69) is 87.2 Å². The Morgan fingerprint density at radius 3 is 2.29 bits per heavy atom. The molecule has 1 aliphatic rings. The summed E-state index contributed by atoms with van der Waals surface area (Å²) >= 11 is 0. The van der Waals surface area contributed by atoms with Gasteiger partial charge in [-0.3, -0.25) is 9.67 Å². The molecule has 5 nitrogen and oxygen atoms in total. The van der Waals surface area contributed by atoms with E-state index in [1.807, 2.05) is 25.0 Å². The second-order valence-corrected chi connectivity index (χ2v) is 8.02. The van der Waals surface area contributed by atoms with Crippen molar-refractivity contribution in [3.63, 3.8) is 0 Å². The van der Waals surface area contributed by atoms with Crippen LogP contribution in [0.1, 0.15) is 41.4 Å². The largest absolute Gasteiger partial charge is 0.356 e. The van der Waals surface area contributed by atoms with Crippen LogP contribution in [0.4, 0.5) is 0 Å². The number of hydrogen-bond acceptors (Lipinski definition) is 2. The zero-order valence-electron chi connectivity index (χ0n) is 18.3. The molecule has 164 valence electrons. The molecule has 2 aromatic carbocycles. The van der Waals surface area contributed by atoms with Gasteiger partial charge in [0, 0.05) is 51.8 Å². The maximum Gasteiger partial charge on any atom is 0.193 e. The van der Waals surface area contributed by atoms with Crippen LogP contribution in [0.5, 0.6) is 0 Å². The average Bonchev–Trinajstić information content (AvgIpc) is 3.44. The minimum absolute atomic E-state index is 0. The summed E-state index contributed by atoms with van der Waals surface area (Å²) in [6, 6.07) is 21.6. The van der Waals surface area contributed by atoms with Gasteiger partial charge in [0.25, 0.3) is 0 Å². The standard InChI is InChI=1S/C25H31N5.HI/c1-26-25(30-16-14-22(19-30)23-17-28-29(2)18-23)27-15-13-24(20-9-5-3-6-10-20)21-11-7-4-8-12-21;/h3-12,17-18,22,24H,13-16,19H2,1-2H3,(H,26,27);1H. The van der Waals surface area contributed by atoms with Crippen molar-refractivity contribution in [1.29, 1.82) is 0 Å². The summed E-state index contributed by atoms with van der Waals surface area (Å²) in [5.41, 5.74) is 4.04. The van der Waals surface area contributed by atoms with Crippen LogP contribution in [-0.4, -0.2) is 47.3 Å². The first kappa shape index (κ1) is 23.3. The van der Waals surface area contributed by atoms with Gasteiger partial charge in [-0.15, -0.1) is 24.0 Å². The highest BCUT2D eigenvalue weighted by Crippen LogP contribution is 2.28. The molecule has 31 heavy (non-hydrogen) atoms. The van der Waals surface area contributed by atoms with E-state index in [0.29, 0.717) is 11.8 Å². The molecule has 0 bridgehead atoms. The molecular weight excluding hydrogens is 497 g/mol. The minimum Gasteiger partial charge on any atom is -0.356 e. The predicted molar refractivity (Wildman–Crippen MR) is 138 cm³/mol. The van der Waals surface area contributed by atoms with Gasteiger partial charge in [0.2, 0.25) is 0 Å². The lowest BCUT2D eigenvalue weighted by Gasteiger charge is -2.23. The molecule has 1 saturated heterocycles. The van der Waals surface area contributed by atoms with Gasteiger partial charge in [-0.1, -0.05) is 60.7 Å². The number of likely N-dealkylation sites (tertiary alicyclic amines) is 1. The third-order valence-corrected chi connectivity index (χ3v) is 6.02. The number of halogens is 1. The fourth-order valence-corrected chi connectivity index (χ4v) is 4.43. The molecule has 1 N–H and O–H groups in total. The number of aryl methyl sites for hydroxylation is 1. The first-order chi connectivity index (χ1) is 14.7. The van der Waals surface area contributed by atoms with Crippen LogP contribution in [0.2, 0.25) is 0 Å². The Labute approximate surface area is 202 Å². The summed E-state index contributed by atoms with van der Waals surface area (Å²) in [7, 11) is 3.86. The molecule has 1 fully saturated rings. The Kier molecular flexibility index (Phi) is 8.51. The quantitative estimate of drug-likeness (QED) is 0.288. The highest BCUT2D eigenvalue weighted by atomic mass is 127. The number of aromatic nitrogens is 2. The number of aliphatic imine (C=N–C) groups is 1. The van der Waals surface area contributed by atoms with Gasteiger partial charge in [-0.25, -0.2) is 0 Å². The summed E-state index contributed by atoms with van der Waals surface area (Å²) < 4.78 is 1.89. The molecule has 1 unspecified atom stereocenters. The van der Waals surface area contributed by atoms with Crippen LogP contribution in [0, 0.1) is 0 Å². The van der Waals surface area contributed by atoms with E-state index in [-0.39, 0.29) is 24.0 Å². The van der Waals surface area contributed by atoms with E-state index in [0.717, 1.165) is 38.4 Å². The third-order valence-electron chi connectivity index (χ3n) is 6.02. The van der Waals surface area contributed by atoms with Gasteiger partial charge in [0.05, 0.1) is 6.20 Å². The van der Waals surface area contributed by atoms with E-state index in [1.165, 1.54) is 16.7 Å². The van der Waals surface area contributed by atoms with Crippen molar-refractivity contribution in [2.24, 2.45) is 12.0 Å². The second-order valence-electron chi connectivity index (χ2n) is 8.02. The maximum absolute atomic E-state index is 4.56. The summed E-state index contributed by atoms with van der Waals surface area (Å²) in [6.45, 7) is 2.90. The van der Waals surface area contributed by atoms with E-state index < -0.39 is 0 Å². The van der Waals surface area contributed by atoms with Crippen molar-refractivity contribution in [3.05, 3.63) is 89.7 Å². The van der Waals surface area contributed by atoms with Gasteiger partial charge in [-0.2, -0.15) is 5.10 Å². The van der Waals surface area contributed by atoms with Crippen LogP contribution in [0.25, 0.3) is 0 Å². The molecule has 0 amide bonds. The molecular formula is C25H32IN5. The van der Waals surface area contributed by atoms with Gasteiger partial charge < -0.3 is 10.2 Å². The number of nitrogens with one attached hydrogen (secondary N) is 1. The summed E-state index contributed by atoms with van der Waals surface area (Å²) in [6.07, 6.45) is 6.29. The molecule has 0 aliphatic carbocycles. The van der Waals surface area contributed by atoms with E-state index in [9.17, 15) is 0 Å². The number of benzene rings is 2. The molecule has 0 saturated carbocycles. The smallest absolute Gasteiger partial charge is 0.193 e. The van der Waals surface area contributed by atoms with Crippen LogP contribution in [-0.2, 0) is 7.05 Å². The van der Waals surface area contributed by atoms with Gasteiger partial charge in [-0.05, 0) is 29.5 Å². The molecule has 0 spiro atoms. The Balaban J connectivity index is 0.00000272. The summed E-state index contributed by atoms with van der Waals surface area (Å²) in [4.78, 5) is 6.93. The lowest BCUT2D eigenvalue weighted by atomic mass is 9.88. The Morgan fingerprint density at radius 1 is 1.10 bits per heavy atom. The summed E-state index contributed by atoms with van der Waals surface area (Å²) in [5, 5.41) is 7.94. The van der Waals surface area contributed by atoms with E-state index in [1.54, 1.807) is 0 Å². The summed E-state index contributed by atoms with van der Waals surface area (Å²) in [5.74, 6) is 1.90. The zero-order chi connectivity index (χ0) is 20.8. The van der Waals surface area contributed by atoms with Crippen molar-refractivity contribution in [2.75, 3.05) is 26.7 Å². The Morgan fingerprint density at radius 2 is 1.74 bits per heavy atom. The van der Waals surface area contributed by atoms with Gasteiger partial charge in [0.15, 0.2) is 5.96 Å². The minimum atomic E-state index is 0. The van der Waals surface area contributed by atoms with Crippen molar-refractivity contribution in [3.8, 4) is 0 Å². The Hall–Kier alpha value is -2.35. The molecule has 1 atom stereocenters. The fraction of sp³-hybridized carbons (Fsp3) is 0.360. The van der Waals surface area contributed by atoms with E-state index >= 15 is 0 Å². The number of guanidine groups is 1. The Bertz CT molecular complexity index is 915. The van der Waals surface area contributed by atoms with Gasteiger partial charge in [0.1, 0.15) is 0 Å². The highest BCUT2D eigenvalue weighted by Gasteiger charge is 2.27. The predicted octanol–water partition coefficient (Wildman–Crippen LogP) is 4.63. The van der Waals surface area contributed by atoms with Crippen molar-refractivity contribution in [1.82, 2.24) is 20.0 Å². The van der Waals surface area contributed by atoms with Crippen LogP contribution in [0.15, 0.2) is 78.0 Å². The molecule has 0 radical (unpaired) electrons. The normalized spacial score (nSPS) is 16.4. The molecule has 6 heteroatoms. The van der Waals surface area contributed by atoms with Crippen LogP contribution < -0.4 is 5.32 Å². The van der Waals surface area contributed by atoms with E-state index in [4.69, 9.17) is 0 Å². The molecule has 1 aromatic heterocycles. The molecule has 3 aromatic rings. The third kappa shape index (κ3) is 5.87. The highest BCUT2D eigenvalue weighted by molar-refractivity contribution is 14.0. The first-order valence-corrected chi connectivity index (χ1v) is 10.8. The topological polar surface area (TPSA) is 45.5 Å². The fourth-order valence-electron chi connectivity index (χ4n) is 4.43. The van der Waals surface area contributed by atoms with Gasteiger partial charge >= 0.3 is 0 Å². The number of nitrogens with zero attached hydrogens (tertiary/aromatic N) is 4. The van der Waals surface area contributed by atoms with Crippen molar-refractivity contribution < 1.29 is 0 Å². The number of rotatable bonds is 6. The lowest BCUT2D eigenvalue weighted by molar-refractivity contribution is 0.483. The van der Waals surface area contributed by atoms with Crippen LogP contribution >= 0.6 is 24.0 Å². The average molecular weight is 529 g/mol. The molecule has 4 rings (SSSR count). The van der Waals surface area contributed by atoms with Crippen molar-refractivity contribution in [2.45, 2.75) is 24.7 Å². The van der Waals surface area contributed by atoms with Crippen molar-refractivity contribution >= 4 is 29.9 Å². The SMILES string of the molecule is CN=C(NCCC(c1ccccc1)c1ccccc1)N1CCC(c2cnn(C)c2)C1.I. The number of hydrogen-bond donors (Lipinski definition) is 1. The maximum atomic E-state index is 4.56. The first-order valence-electron chi connectivity index (χ1n) is 10.8. The lowest BCUT2D eigenvalue weighted by Crippen LogP contribution is -2.40. The van der Waals surface area contributed by atoms with Crippen LogP contribution in [0.3, 0.4) is 0 Å². The molecule has 1 aliphatic heterocycles. The zero-order valence-corrected chi connectivity index (χ0v) is 20.6. The monoisotopic (exact) mass is 529 g/mol. The molecule has 2 heterocycles.